The van der Waals surface area contributed by atoms with Crippen molar-refractivity contribution in [2.75, 3.05) is 31.6 Å². The smallest absolute Gasteiger partial charge is 0.267 e. The van der Waals surface area contributed by atoms with E-state index in [1.807, 2.05) is 50.2 Å². The minimum absolute atomic E-state index is 0.137. The fraction of sp³-hybridized carbons (Fsp3) is 0.308. The maximum Gasteiger partial charge on any atom is 0.267 e. The summed E-state index contributed by atoms with van der Waals surface area (Å²) in [6.45, 7) is 5.54. The van der Waals surface area contributed by atoms with Gasteiger partial charge in [-0.05, 0) is 43.5 Å². The summed E-state index contributed by atoms with van der Waals surface area (Å²) in [5, 5.41) is 13.8. The first-order chi connectivity index (χ1) is 17.4. The van der Waals surface area contributed by atoms with E-state index in [1.165, 1.54) is 9.30 Å². The average molecular weight is 525 g/mol. The van der Waals surface area contributed by atoms with E-state index in [-0.39, 0.29) is 23.6 Å². The maximum absolute atomic E-state index is 13.5. The highest BCUT2D eigenvalue weighted by Crippen LogP contribution is 2.33. The van der Waals surface area contributed by atoms with Gasteiger partial charge in [0.1, 0.15) is 15.8 Å². The third-order valence-electron chi connectivity index (χ3n) is 5.76. The molecule has 0 bridgehead atoms. The Hall–Kier alpha value is -3.05. The number of anilines is 1. The van der Waals surface area contributed by atoms with Crippen LogP contribution in [0.3, 0.4) is 0 Å². The molecule has 8 nitrogen and oxygen atoms in total. The number of ether oxygens (including phenoxy) is 1. The second kappa shape index (κ2) is 11.8. The monoisotopic (exact) mass is 524 g/mol. The fourth-order valence-corrected chi connectivity index (χ4v) is 5.15. The number of aryl methyl sites for hydroxylation is 1. The molecule has 1 aliphatic heterocycles. The Labute approximate surface area is 219 Å². The lowest BCUT2D eigenvalue weighted by atomic mass is 10.1. The Morgan fingerprint density at radius 2 is 2.00 bits per heavy atom. The van der Waals surface area contributed by atoms with E-state index in [1.54, 1.807) is 18.3 Å². The van der Waals surface area contributed by atoms with Crippen LogP contribution in [-0.2, 0) is 9.53 Å². The molecule has 1 aromatic carbocycles. The molecule has 0 aliphatic carbocycles. The van der Waals surface area contributed by atoms with Crippen molar-refractivity contribution in [1.29, 1.82) is 0 Å². The van der Waals surface area contributed by atoms with E-state index in [0.29, 0.717) is 46.9 Å². The van der Waals surface area contributed by atoms with Gasteiger partial charge in [-0.25, -0.2) is 4.98 Å². The number of hydrogen-bond donors (Lipinski definition) is 2. The number of pyridine rings is 1. The topological polar surface area (TPSA) is 96.2 Å². The summed E-state index contributed by atoms with van der Waals surface area (Å²) >= 11 is 6.59. The molecule has 3 heterocycles. The van der Waals surface area contributed by atoms with E-state index in [2.05, 4.69) is 10.3 Å². The van der Waals surface area contributed by atoms with Crippen LogP contribution in [0.25, 0.3) is 11.7 Å². The Morgan fingerprint density at radius 3 is 2.75 bits per heavy atom. The Kier molecular flexibility index (Phi) is 8.52. The molecule has 1 amide bonds. The number of thioether (sulfide) groups is 1. The second-order valence-corrected chi connectivity index (χ2v) is 9.93. The van der Waals surface area contributed by atoms with Crippen LogP contribution in [0.1, 0.15) is 36.1 Å². The predicted molar refractivity (Wildman–Crippen MR) is 147 cm³/mol. The van der Waals surface area contributed by atoms with Crippen LogP contribution in [0.5, 0.6) is 0 Å². The van der Waals surface area contributed by atoms with Gasteiger partial charge >= 0.3 is 0 Å². The molecule has 10 heteroatoms. The summed E-state index contributed by atoms with van der Waals surface area (Å²) in [4.78, 5) is 33.2. The van der Waals surface area contributed by atoms with Crippen molar-refractivity contribution >= 4 is 51.7 Å². The summed E-state index contributed by atoms with van der Waals surface area (Å²) in [6, 6.07) is 12.9. The van der Waals surface area contributed by atoms with Crippen LogP contribution in [0.4, 0.5) is 5.82 Å². The van der Waals surface area contributed by atoms with Gasteiger partial charge in [0.05, 0.1) is 16.6 Å². The van der Waals surface area contributed by atoms with Gasteiger partial charge < -0.3 is 15.2 Å². The predicted octanol–water partition coefficient (Wildman–Crippen LogP) is 3.78. The highest BCUT2D eigenvalue weighted by atomic mass is 32.2. The molecule has 2 aromatic heterocycles. The molecule has 1 fully saturated rings. The Bertz CT molecular complexity index is 1360. The van der Waals surface area contributed by atoms with Gasteiger partial charge in [0.25, 0.3) is 11.5 Å². The number of benzene rings is 1. The molecule has 1 aliphatic rings. The van der Waals surface area contributed by atoms with Crippen molar-refractivity contribution in [2.45, 2.75) is 26.4 Å². The van der Waals surface area contributed by atoms with Crippen molar-refractivity contribution in [2.24, 2.45) is 0 Å². The normalized spacial score (nSPS) is 15.8. The number of nitrogens with one attached hydrogen (secondary N) is 1. The summed E-state index contributed by atoms with van der Waals surface area (Å²) in [5.74, 6) is 0.0522. The second-order valence-electron chi connectivity index (χ2n) is 8.26. The van der Waals surface area contributed by atoms with E-state index >= 15 is 0 Å². The molecule has 2 N–H and O–H groups in total. The SMILES string of the molecule is CCOCCCN1C(=O)C(=Cc2c(NCC(O)c3ccccc3)nc3c(C)cccn3c2=O)SC1=S. The van der Waals surface area contributed by atoms with E-state index in [9.17, 15) is 14.7 Å². The molecular weight excluding hydrogens is 496 g/mol. The maximum atomic E-state index is 13.5. The molecule has 0 spiro atoms. The number of carbonyl (C=O) groups excluding carboxylic acids is 1. The van der Waals surface area contributed by atoms with Crippen LogP contribution in [0, 0.1) is 6.92 Å². The Morgan fingerprint density at radius 1 is 1.22 bits per heavy atom. The number of nitrogens with zero attached hydrogens (tertiary/aromatic N) is 3. The van der Waals surface area contributed by atoms with Gasteiger partial charge in [-0.1, -0.05) is 60.4 Å². The van der Waals surface area contributed by atoms with Crippen LogP contribution in [-0.4, -0.2) is 55.9 Å². The first-order valence-electron chi connectivity index (χ1n) is 11.7. The lowest BCUT2D eigenvalue weighted by molar-refractivity contribution is -0.122. The fourth-order valence-electron chi connectivity index (χ4n) is 3.86. The van der Waals surface area contributed by atoms with Crippen molar-refractivity contribution in [1.82, 2.24) is 14.3 Å². The van der Waals surface area contributed by atoms with Gasteiger partial charge in [-0.15, -0.1) is 0 Å². The highest BCUT2D eigenvalue weighted by molar-refractivity contribution is 8.26. The summed E-state index contributed by atoms with van der Waals surface area (Å²) in [7, 11) is 0. The Balaban J connectivity index is 1.67. The van der Waals surface area contributed by atoms with Crippen molar-refractivity contribution in [3.63, 3.8) is 0 Å². The molecule has 4 rings (SSSR count). The van der Waals surface area contributed by atoms with Gasteiger partial charge in [-0.2, -0.15) is 0 Å². The van der Waals surface area contributed by atoms with Gasteiger partial charge in [-0.3, -0.25) is 18.9 Å². The van der Waals surface area contributed by atoms with Crippen molar-refractivity contribution < 1.29 is 14.6 Å². The lowest BCUT2D eigenvalue weighted by Gasteiger charge is -2.16. The standard InChI is InChI=1S/C26H28N4O4S2/c1-3-34-14-8-13-30-25(33)21(36-26(30)35)15-19-22(27-16-20(31)18-10-5-4-6-11-18)28-23-17(2)9-7-12-29(23)24(19)32/h4-7,9-12,15,20,27,31H,3,8,13-14,16H2,1-2H3. The number of thiocarbonyl (C=S) groups is 1. The van der Waals surface area contributed by atoms with Crippen LogP contribution < -0.4 is 10.9 Å². The quantitative estimate of drug-likeness (QED) is 0.235. The third-order valence-corrected chi connectivity index (χ3v) is 7.13. The molecule has 0 saturated carbocycles. The summed E-state index contributed by atoms with van der Waals surface area (Å²) in [6.07, 6.45) is 3.05. The number of aromatic nitrogens is 2. The molecule has 36 heavy (non-hydrogen) atoms. The number of fused-ring (bicyclic) bond motifs is 1. The number of aliphatic hydroxyl groups excluding tert-OH is 1. The van der Waals surface area contributed by atoms with Crippen molar-refractivity contribution in [3.05, 3.63) is 80.6 Å². The number of amides is 1. The van der Waals surface area contributed by atoms with E-state index < -0.39 is 6.10 Å². The lowest BCUT2D eigenvalue weighted by Crippen LogP contribution is -2.29. The molecule has 1 unspecified atom stereocenters. The van der Waals surface area contributed by atoms with E-state index in [0.717, 1.165) is 22.9 Å². The third kappa shape index (κ3) is 5.67. The highest BCUT2D eigenvalue weighted by Gasteiger charge is 2.32. The zero-order chi connectivity index (χ0) is 25.7. The van der Waals surface area contributed by atoms with Gasteiger partial charge in [0.2, 0.25) is 0 Å². The number of carbonyl (C=O) groups is 1. The van der Waals surface area contributed by atoms with Crippen molar-refractivity contribution in [3.8, 4) is 0 Å². The summed E-state index contributed by atoms with van der Waals surface area (Å²) < 4.78 is 7.27. The van der Waals surface area contributed by atoms with Gasteiger partial charge in [0.15, 0.2) is 0 Å². The zero-order valence-corrected chi connectivity index (χ0v) is 21.8. The van der Waals surface area contributed by atoms with Crippen LogP contribution in [0.2, 0.25) is 0 Å². The zero-order valence-electron chi connectivity index (χ0n) is 20.1. The number of hydrogen-bond acceptors (Lipinski definition) is 8. The first kappa shape index (κ1) is 26.0. The minimum atomic E-state index is -0.806. The van der Waals surface area contributed by atoms with Crippen LogP contribution >= 0.6 is 24.0 Å². The number of rotatable bonds is 10. The molecule has 1 atom stereocenters. The molecule has 0 radical (unpaired) electrons. The molecule has 1 saturated heterocycles. The van der Waals surface area contributed by atoms with E-state index in [4.69, 9.17) is 17.0 Å². The summed E-state index contributed by atoms with van der Waals surface area (Å²) in [5.41, 5.74) is 1.98. The first-order valence-corrected chi connectivity index (χ1v) is 12.9. The van der Waals surface area contributed by atoms with Gasteiger partial charge in [0, 0.05) is 32.5 Å². The minimum Gasteiger partial charge on any atom is -0.387 e. The molecular formula is C26H28N4O4S2. The molecule has 3 aromatic rings. The largest absolute Gasteiger partial charge is 0.387 e. The average Bonchev–Trinajstić information content (AvgIpc) is 3.15. The van der Waals surface area contributed by atoms with Crippen LogP contribution in [0.15, 0.2) is 58.4 Å². The number of aliphatic hydroxyl groups is 1. The molecule has 188 valence electrons.